The number of anilines is 1. The van der Waals surface area contributed by atoms with E-state index in [0.717, 1.165) is 67.2 Å². The Labute approximate surface area is 175 Å². The fraction of sp³-hybridized carbons (Fsp3) is 0.391. The van der Waals surface area contributed by atoms with Crippen LogP contribution in [0.2, 0.25) is 0 Å². The number of aryl methyl sites for hydroxylation is 1. The van der Waals surface area contributed by atoms with E-state index >= 15 is 0 Å². The highest BCUT2D eigenvalue weighted by Gasteiger charge is 2.30. The normalized spacial score (nSPS) is 18.3. The van der Waals surface area contributed by atoms with Gasteiger partial charge >= 0.3 is 0 Å². The molecule has 3 heterocycles. The summed E-state index contributed by atoms with van der Waals surface area (Å²) in [6.45, 7) is 2.00. The van der Waals surface area contributed by atoms with Gasteiger partial charge in [-0.3, -0.25) is 4.79 Å². The van der Waals surface area contributed by atoms with Crippen LogP contribution in [0.1, 0.15) is 36.2 Å². The second-order valence-electron chi connectivity index (χ2n) is 8.01. The van der Waals surface area contributed by atoms with Crippen molar-refractivity contribution >= 4 is 11.7 Å². The van der Waals surface area contributed by atoms with Crippen molar-refractivity contribution in [2.24, 2.45) is 5.92 Å². The summed E-state index contributed by atoms with van der Waals surface area (Å²) < 4.78 is 4.83. The van der Waals surface area contributed by atoms with Gasteiger partial charge in [0, 0.05) is 36.0 Å². The van der Waals surface area contributed by atoms with E-state index in [1.165, 1.54) is 11.8 Å². The van der Waals surface area contributed by atoms with Crippen LogP contribution in [0.5, 0.6) is 0 Å². The Balaban J connectivity index is 1.37. The third-order valence-electron chi connectivity index (χ3n) is 5.97. The lowest BCUT2D eigenvalue weighted by molar-refractivity contribution is -0.125. The summed E-state index contributed by atoms with van der Waals surface area (Å²) in [4.78, 5) is 24.9. The Kier molecular flexibility index (Phi) is 5.17. The van der Waals surface area contributed by atoms with Crippen LogP contribution in [0.25, 0.3) is 11.4 Å². The number of piperidine rings is 1. The van der Waals surface area contributed by atoms with Crippen LogP contribution in [0.3, 0.4) is 0 Å². The molecular formula is C23H25N5O2. The van der Waals surface area contributed by atoms with Crippen molar-refractivity contribution in [1.82, 2.24) is 20.4 Å². The first-order chi connectivity index (χ1) is 14.8. The van der Waals surface area contributed by atoms with Crippen LogP contribution in [-0.2, 0) is 24.2 Å². The lowest BCUT2D eigenvalue weighted by Gasteiger charge is -2.34. The molecule has 1 fully saturated rings. The van der Waals surface area contributed by atoms with Crippen LogP contribution in [0.4, 0.5) is 5.82 Å². The van der Waals surface area contributed by atoms with E-state index in [1.807, 2.05) is 18.2 Å². The van der Waals surface area contributed by atoms with Crippen molar-refractivity contribution in [3.8, 4) is 11.4 Å². The zero-order valence-corrected chi connectivity index (χ0v) is 16.9. The molecule has 1 saturated heterocycles. The Bertz CT molecular complexity index is 1020. The van der Waals surface area contributed by atoms with E-state index in [4.69, 9.17) is 14.5 Å². The number of carbonyl (C=O) groups is 1. The Morgan fingerprint density at radius 3 is 2.87 bits per heavy atom. The number of hydrogen-bond acceptors (Lipinski definition) is 6. The van der Waals surface area contributed by atoms with E-state index in [1.54, 1.807) is 6.07 Å². The Hall–Kier alpha value is -3.22. The molecule has 1 amide bonds. The number of rotatable bonds is 5. The number of hydrogen-bond donors (Lipinski definition) is 1. The van der Waals surface area contributed by atoms with E-state index in [9.17, 15) is 4.79 Å². The van der Waals surface area contributed by atoms with Crippen LogP contribution in [0, 0.1) is 5.92 Å². The third kappa shape index (κ3) is 3.79. The summed E-state index contributed by atoms with van der Waals surface area (Å²) >= 11 is 0. The molecule has 0 spiro atoms. The van der Waals surface area contributed by atoms with Gasteiger partial charge in [0.2, 0.25) is 5.91 Å². The first-order valence-electron chi connectivity index (χ1n) is 10.6. The van der Waals surface area contributed by atoms with Crippen molar-refractivity contribution < 1.29 is 9.32 Å². The Morgan fingerprint density at radius 1 is 1.13 bits per heavy atom. The van der Waals surface area contributed by atoms with Gasteiger partial charge in [0.15, 0.2) is 5.82 Å². The van der Waals surface area contributed by atoms with Gasteiger partial charge in [0.1, 0.15) is 17.8 Å². The zero-order chi connectivity index (χ0) is 20.3. The first-order valence-corrected chi connectivity index (χ1v) is 10.6. The minimum Gasteiger partial charge on any atom is -0.364 e. The fourth-order valence-corrected chi connectivity index (χ4v) is 4.42. The molecular weight excluding hydrogens is 378 g/mol. The van der Waals surface area contributed by atoms with Crippen molar-refractivity contribution in [1.29, 1.82) is 0 Å². The summed E-state index contributed by atoms with van der Waals surface area (Å²) in [6.07, 6.45) is 6.51. The topological polar surface area (TPSA) is 84.2 Å². The summed E-state index contributed by atoms with van der Waals surface area (Å²) in [6, 6.07) is 11.9. The molecule has 2 aromatic heterocycles. The predicted octanol–water partition coefficient (Wildman–Crippen LogP) is 3.15. The zero-order valence-electron chi connectivity index (χ0n) is 16.9. The summed E-state index contributed by atoms with van der Waals surface area (Å²) in [5, 5.41) is 6.85. The lowest BCUT2D eigenvalue weighted by atomic mass is 9.96. The van der Waals surface area contributed by atoms with Crippen molar-refractivity contribution in [2.45, 2.75) is 38.6 Å². The molecule has 1 atom stereocenters. The Morgan fingerprint density at radius 2 is 2.03 bits per heavy atom. The van der Waals surface area contributed by atoms with E-state index in [0.29, 0.717) is 13.1 Å². The summed E-state index contributed by atoms with van der Waals surface area (Å²) in [5.41, 5.74) is 4.19. The molecule has 1 aliphatic heterocycles. The molecule has 5 rings (SSSR count). The number of aromatic nitrogens is 3. The first kappa shape index (κ1) is 18.8. The molecule has 7 nitrogen and oxygen atoms in total. The predicted molar refractivity (Wildman–Crippen MR) is 113 cm³/mol. The maximum absolute atomic E-state index is 12.8. The standard InChI is InChI=1S/C23H25N5O2/c29-23(24-14-18-11-13-30-27-18)17-8-5-12-28(15-17)22-19-9-4-10-20(19)25-21(26-22)16-6-2-1-3-7-16/h1-3,6-7,11,13,17H,4-5,8-10,12,14-15H2,(H,24,29)/t17-/m1/s1. The maximum atomic E-state index is 12.8. The highest BCUT2D eigenvalue weighted by molar-refractivity contribution is 5.79. The van der Waals surface area contributed by atoms with Gasteiger partial charge in [-0.05, 0) is 32.1 Å². The quantitative estimate of drug-likeness (QED) is 0.705. The molecule has 2 aliphatic rings. The second-order valence-corrected chi connectivity index (χ2v) is 8.01. The minimum absolute atomic E-state index is 0.0576. The molecule has 7 heteroatoms. The van der Waals surface area contributed by atoms with Crippen LogP contribution in [-0.4, -0.2) is 34.1 Å². The number of amides is 1. The fourth-order valence-electron chi connectivity index (χ4n) is 4.42. The van der Waals surface area contributed by atoms with E-state index in [2.05, 4.69) is 27.5 Å². The molecule has 154 valence electrons. The van der Waals surface area contributed by atoms with Gasteiger partial charge < -0.3 is 14.7 Å². The van der Waals surface area contributed by atoms with E-state index in [-0.39, 0.29) is 11.8 Å². The van der Waals surface area contributed by atoms with Gasteiger partial charge in [0.05, 0.1) is 12.5 Å². The lowest BCUT2D eigenvalue weighted by Crippen LogP contribution is -2.43. The SMILES string of the molecule is O=C(NCc1ccon1)[C@@H]1CCCN(c2nc(-c3ccccc3)nc3c2CCC3)C1. The molecule has 0 unspecified atom stereocenters. The highest BCUT2D eigenvalue weighted by atomic mass is 16.5. The maximum Gasteiger partial charge on any atom is 0.225 e. The largest absolute Gasteiger partial charge is 0.364 e. The average molecular weight is 403 g/mol. The summed E-state index contributed by atoms with van der Waals surface area (Å²) in [7, 11) is 0. The van der Waals surface area contributed by atoms with Gasteiger partial charge in [-0.15, -0.1) is 0 Å². The molecule has 0 bridgehead atoms. The molecule has 30 heavy (non-hydrogen) atoms. The molecule has 0 radical (unpaired) electrons. The molecule has 1 N–H and O–H groups in total. The molecule has 0 saturated carbocycles. The van der Waals surface area contributed by atoms with Crippen molar-refractivity contribution in [3.05, 3.63) is 59.6 Å². The van der Waals surface area contributed by atoms with Crippen LogP contribution in [0.15, 0.2) is 47.2 Å². The van der Waals surface area contributed by atoms with E-state index < -0.39 is 0 Å². The minimum atomic E-state index is -0.0576. The molecule has 3 aromatic rings. The van der Waals surface area contributed by atoms with Crippen LogP contribution >= 0.6 is 0 Å². The van der Waals surface area contributed by atoms with Gasteiger partial charge in [-0.25, -0.2) is 9.97 Å². The van der Waals surface area contributed by atoms with Crippen LogP contribution < -0.4 is 10.2 Å². The number of carbonyl (C=O) groups excluding carboxylic acids is 1. The smallest absolute Gasteiger partial charge is 0.225 e. The average Bonchev–Trinajstić information content (AvgIpc) is 3.49. The van der Waals surface area contributed by atoms with Crippen molar-refractivity contribution in [3.63, 3.8) is 0 Å². The summed E-state index contributed by atoms with van der Waals surface area (Å²) in [5.74, 6) is 1.81. The monoisotopic (exact) mass is 403 g/mol. The number of benzene rings is 1. The second kappa shape index (κ2) is 8.26. The van der Waals surface area contributed by atoms with Gasteiger partial charge in [0.25, 0.3) is 0 Å². The number of nitrogens with one attached hydrogen (secondary N) is 1. The number of fused-ring (bicyclic) bond motifs is 1. The molecule has 1 aliphatic carbocycles. The van der Waals surface area contributed by atoms with Gasteiger partial charge in [-0.2, -0.15) is 0 Å². The molecule has 1 aromatic carbocycles. The van der Waals surface area contributed by atoms with Crippen molar-refractivity contribution in [2.75, 3.05) is 18.0 Å². The highest BCUT2D eigenvalue weighted by Crippen LogP contribution is 2.33. The number of nitrogens with zero attached hydrogens (tertiary/aromatic N) is 4. The third-order valence-corrected chi connectivity index (χ3v) is 5.97. The van der Waals surface area contributed by atoms with Gasteiger partial charge in [-0.1, -0.05) is 35.5 Å².